The Kier molecular flexibility index (Phi) is 4.49. The summed E-state index contributed by atoms with van der Waals surface area (Å²) in [6.07, 6.45) is 1.78. The quantitative estimate of drug-likeness (QED) is 0.871. The molecule has 98 valence electrons. The van der Waals surface area contributed by atoms with E-state index in [1.807, 2.05) is 6.07 Å². The predicted molar refractivity (Wildman–Crippen MR) is 73.3 cm³/mol. The number of nitriles is 1. The van der Waals surface area contributed by atoms with Crippen LogP contribution in [0.2, 0.25) is 0 Å². The van der Waals surface area contributed by atoms with Gasteiger partial charge in [0.1, 0.15) is 5.69 Å². The third-order valence-corrected chi connectivity index (χ3v) is 3.13. The molecule has 6 nitrogen and oxygen atoms in total. The van der Waals surface area contributed by atoms with Crippen LogP contribution in [0.3, 0.4) is 0 Å². The summed E-state index contributed by atoms with van der Waals surface area (Å²) in [4.78, 5) is 0. The van der Waals surface area contributed by atoms with Gasteiger partial charge in [-0.3, -0.25) is 0 Å². The summed E-state index contributed by atoms with van der Waals surface area (Å²) >= 11 is 3.40. The molecule has 2 aromatic rings. The van der Waals surface area contributed by atoms with Crippen LogP contribution in [0.25, 0.3) is 0 Å². The van der Waals surface area contributed by atoms with Gasteiger partial charge in [0.25, 0.3) is 0 Å². The van der Waals surface area contributed by atoms with E-state index in [9.17, 15) is 0 Å². The van der Waals surface area contributed by atoms with E-state index < -0.39 is 0 Å². The molecule has 0 saturated heterocycles. The second kappa shape index (κ2) is 6.31. The molecule has 0 amide bonds. The van der Waals surface area contributed by atoms with Crippen LogP contribution in [-0.2, 0) is 13.1 Å². The summed E-state index contributed by atoms with van der Waals surface area (Å²) in [6.45, 7) is 1.00. The highest BCUT2D eigenvalue weighted by atomic mass is 79.9. The zero-order valence-electron chi connectivity index (χ0n) is 10.0. The zero-order valence-corrected chi connectivity index (χ0v) is 11.6. The van der Waals surface area contributed by atoms with Crippen molar-refractivity contribution in [1.29, 1.82) is 5.26 Å². The molecule has 2 N–H and O–H groups in total. The number of aliphatic hydroxyl groups is 1. The van der Waals surface area contributed by atoms with Crippen LogP contribution in [0.4, 0.5) is 5.69 Å². The Bertz CT molecular complexity index is 604. The van der Waals surface area contributed by atoms with Crippen LogP contribution in [-0.4, -0.2) is 26.7 Å². The van der Waals surface area contributed by atoms with Crippen molar-refractivity contribution < 1.29 is 5.11 Å². The highest BCUT2D eigenvalue weighted by molar-refractivity contribution is 9.10. The molecular weight excluding hydrogens is 310 g/mol. The third kappa shape index (κ3) is 3.53. The molecule has 7 heteroatoms. The van der Waals surface area contributed by atoms with Crippen molar-refractivity contribution in [2.24, 2.45) is 0 Å². The lowest BCUT2D eigenvalue weighted by molar-refractivity contribution is 0.268. The Balaban J connectivity index is 2.00. The van der Waals surface area contributed by atoms with Crippen LogP contribution < -0.4 is 5.32 Å². The van der Waals surface area contributed by atoms with Gasteiger partial charge in [0.15, 0.2) is 0 Å². The number of benzene rings is 1. The molecule has 19 heavy (non-hydrogen) atoms. The fraction of sp³-hybridized carbons (Fsp3) is 0.250. The molecule has 2 rings (SSSR count). The van der Waals surface area contributed by atoms with Crippen LogP contribution in [0.1, 0.15) is 11.3 Å². The van der Waals surface area contributed by atoms with Crippen LogP contribution in [0.5, 0.6) is 0 Å². The van der Waals surface area contributed by atoms with Crippen molar-refractivity contribution in [3.8, 4) is 6.07 Å². The molecule has 1 aromatic heterocycles. The van der Waals surface area contributed by atoms with Gasteiger partial charge in [0, 0.05) is 10.2 Å². The van der Waals surface area contributed by atoms with E-state index >= 15 is 0 Å². The largest absolute Gasteiger partial charge is 0.394 e. The molecule has 0 fully saturated rings. The Labute approximate surface area is 118 Å². The molecule has 1 aromatic carbocycles. The van der Waals surface area contributed by atoms with E-state index in [1.54, 1.807) is 23.0 Å². The first-order chi connectivity index (χ1) is 9.22. The minimum Gasteiger partial charge on any atom is -0.394 e. The van der Waals surface area contributed by atoms with Gasteiger partial charge in [-0.2, -0.15) is 5.26 Å². The van der Waals surface area contributed by atoms with Crippen molar-refractivity contribution in [3.05, 3.63) is 40.1 Å². The highest BCUT2D eigenvalue weighted by Gasteiger charge is 2.04. The van der Waals surface area contributed by atoms with Gasteiger partial charge in [0.2, 0.25) is 0 Å². The minimum absolute atomic E-state index is 0.0391. The molecule has 0 aliphatic heterocycles. The molecule has 0 saturated carbocycles. The van der Waals surface area contributed by atoms with Gasteiger partial charge in [-0.05, 0) is 34.1 Å². The zero-order chi connectivity index (χ0) is 13.7. The summed E-state index contributed by atoms with van der Waals surface area (Å²) in [7, 11) is 0. The molecule has 0 aliphatic carbocycles. The fourth-order valence-electron chi connectivity index (χ4n) is 1.55. The van der Waals surface area contributed by atoms with Crippen LogP contribution in [0, 0.1) is 11.3 Å². The first-order valence-corrected chi connectivity index (χ1v) is 6.45. The maximum Gasteiger partial charge on any atom is 0.102 e. The second-order valence-electron chi connectivity index (χ2n) is 3.86. The Morgan fingerprint density at radius 1 is 1.47 bits per heavy atom. The van der Waals surface area contributed by atoms with Gasteiger partial charge < -0.3 is 10.4 Å². The Morgan fingerprint density at radius 3 is 3.00 bits per heavy atom. The molecular formula is C12H12BrN5O. The maximum atomic E-state index is 8.79. The lowest BCUT2D eigenvalue weighted by Crippen LogP contribution is -2.02. The molecule has 0 spiro atoms. The third-order valence-electron chi connectivity index (χ3n) is 2.47. The number of aliphatic hydroxyl groups excluding tert-OH is 1. The summed E-state index contributed by atoms with van der Waals surface area (Å²) < 4.78 is 2.42. The van der Waals surface area contributed by atoms with E-state index in [1.165, 1.54) is 0 Å². The van der Waals surface area contributed by atoms with Crippen molar-refractivity contribution in [3.63, 3.8) is 0 Å². The van der Waals surface area contributed by atoms with E-state index in [2.05, 4.69) is 37.6 Å². The normalized spacial score (nSPS) is 10.2. The molecule has 1 heterocycles. The predicted octanol–water partition coefficient (Wildman–Crippen LogP) is 1.52. The monoisotopic (exact) mass is 321 g/mol. The molecule has 0 atom stereocenters. The minimum atomic E-state index is 0.0391. The molecule has 0 bridgehead atoms. The van der Waals surface area contributed by atoms with Crippen LogP contribution >= 0.6 is 15.9 Å². The summed E-state index contributed by atoms with van der Waals surface area (Å²) in [5.41, 5.74) is 2.27. The second-order valence-corrected chi connectivity index (χ2v) is 4.71. The van der Waals surface area contributed by atoms with E-state index in [0.717, 1.165) is 15.9 Å². The molecule has 0 radical (unpaired) electrons. The standard InChI is InChI=1S/C12H12BrN5O/c13-11-5-9(6-14)1-2-12(11)15-7-10-8-18(3-4-19)17-16-10/h1-2,5,8,15,19H,3-4,7H2. The van der Waals surface area contributed by atoms with E-state index in [0.29, 0.717) is 18.7 Å². The number of hydrogen-bond donors (Lipinski definition) is 2. The SMILES string of the molecule is N#Cc1ccc(NCc2cn(CCO)nn2)c(Br)c1. The number of nitrogens with zero attached hydrogens (tertiary/aromatic N) is 4. The smallest absolute Gasteiger partial charge is 0.102 e. The Morgan fingerprint density at radius 2 is 2.32 bits per heavy atom. The summed E-state index contributed by atoms with van der Waals surface area (Å²) in [5, 5.41) is 28.6. The number of anilines is 1. The number of aromatic nitrogens is 3. The summed E-state index contributed by atoms with van der Waals surface area (Å²) in [6, 6.07) is 7.41. The van der Waals surface area contributed by atoms with E-state index in [-0.39, 0.29) is 6.61 Å². The van der Waals surface area contributed by atoms with Gasteiger partial charge >= 0.3 is 0 Å². The molecule has 0 unspecified atom stereocenters. The number of nitrogens with one attached hydrogen (secondary N) is 1. The number of rotatable bonds is 5. The highest BCUT2D eigenvalue weighted by Crippen LogP contribution is 2.23. The molecule has 0 aliphatic rings. The summed E-state index contributed by atoms with van der Waals surface area (Å²) in [5.74, 6) is 0. The van der Waals surface area contributed by atoms with Crippen molar-refractivity contribution in [1.82, 2.24) is 15.0 Å². The average Bonchev–Trinajstić information content (AvgIpc) is 2.85. The first-order valence-electron chi connectivity index (χ1n) is 5.66. The average molecular weight is 322 g/mol. The van der Waals surface area contributed by atoms with Gasteiger partial charge in [-0.15, -0.1) is 5.10 Å². The topological polar surface area (TPSA) is 86.8 Å². The van der Waals surface area contributed by atoms with Crippen molar-refractivity contribution in [2.45, 2.75) is 13.1 Å². The lowest BCUT2D eigenvalue weighted by Gasteiger charge is -2.06. The van der Waals surface area contributed by atoms with Crippen molar-refractivity contribution in [2.75, 3.05) is 11.9 Å². The van der Waals surface area contributed by atoms with Crippen molar-refractivity contribution >= 4 is 21.6 Å². The van der Waals surface area contributed by atoms with Gasteiger partial charge in [-0.25, -0.2) is 4.68 Å². The maximum absolute atomic E-state index is 8.79. The Hall–Kier alpha value is -1.91. The van der Waals surface area contributed by atoms with Gasteiger partial charge in [0.05, 0.1) is 37.5 Å². The number of hydrogen-bond acceptors (Lipinski definition) is 5. The van der Waals surface area contributed by atoms with Crippen LogP contribution in [0.15, 0.2) is 28.9 Å². The lowest BCUT2D eigenvalue weighted by atomic mass is 10.2. The first kappa shape index (κ1) is 13.5. The van der Waals surface area contributed by atoms with E-state index in [4.69, 9.17) is 10.4 Å². The van der Waals surface area contributed by atoms with Gasteiger partial charge in [-0.1, -0.05) is 5.21 Å². The number of halogens is 1. The fourth-order valence-corrected chi connectivity index (χ4v) is 2.06.